The number of rotatable bonds is 7. The first-order chi connectivity index (χ1) is 15.4. The third kappa shape index (κ3) is 4.95. The van der Waals surface area contributed by atoms with E-state index in [4.69, 9.17) is 0 Å². The van der Waals surface area contributed by atoms with Crippen LogP contribution >= 0.6 is 0 Å². The van der Waals surface area contributed by atoms with Crippen LogP contribution in [0.2, 0.25) is 0 Å². The van der Waals surface area contributed by atoms with Gasteiger partial charge in [-0.25, -0.2) is 9.50 Å². The van der Waals surface area contributed by atoms with Gasteiger partial charge in [0.25, 0.3) is 0 Å². The molecule has 0 spiro atoms. The summed E-state index contributed by atoms with van der Waals surface area (Å²) in [5.41, 5.74) is 7.34. The molecular weight excluding hydrogens is 398 g/mol. The maximum absolute atomic E-state index is 12.5. The van der Waals surface area contributed by atoms with Gasteiger partial charge in [-0.1, -0.05) is 31.4 Å². The molecule has 1 aliphatic carbocycles. The lowest BCUT2D eigenvalue weighted by molar-refractivity contribution is -0.121. The fraction of sp³-hybridized carbons (Fsp3) is 0.500. The number of carbonyl (C=O) groups is 1. The number of aromatic nitrogens is 3. The first kappa shape index (κ1) is 22.3. The van der Waals surface area contributed by atoms with Crippen LogP contribution in [0.5, 0.6) is 0 Å². The predicted molar refractivity (Wildman–Crippen MR) is 129 cm³/mol. The smallest absolute Gasteiger partial charge is 0.220 e. The van der Waals surface area contributed by atoms with Gasteiger partial charge in [-0.2, -0.15) is 5.10 Å². The second kappa shape index (κ2) is 9.72. The summed E-state index contributed by atoms with van der Waals surface area (Å²) < 4.78 is 1.88. The second-order valence-corrected chi connectivity index (χ2v) is 9.16. The van der Waals surface area contributed by atoms with Crippen molar-refractivity contribution in [3.8, 4) is 0 Å². The Hall–Kier alpha value is -2.89. The predicted octanol–water partition coefficient (Wildman–Crippen LogP) is 4.67. The normalized spacial score (nSPS) is 14.6. The number of hydrogen-bond acceptors (Lipinski definition) is 4. The van der Waals surface area contributed by atoms with E-state index in [0.717, 1.165) is 33.9 Å². The summed E-state index contributed by atoms with van der Waals surface area (Å²) in [6.07, 6.45) is 7.73. The van der Waals surface area contributed by atoms with Gasteiger partial charge in [0.1, 0.15) is 0 Å². The van der Waals surface area contributed by atoms with Crippen molar-refractivity contribution in [2.45, 2.75) is 78.3 Å². The van der Waals surface area contributed by atoms with Gasteiger partial charge in [-0.05, 0) is 63.3 Å². The van der Waals surface area contributed by atoms with Gasteiger partial charge < -0.3 is 10.2 Å². The van der Waals surface area contributed by atoms with E-state index < -0.39 is 0 Å². The SMILES string of the molecule is Cc1cc2nc(C)c(CCC(=O)NCc3ccc(N(C)C4CCCCC4)cc3)c(C)n2n1. The average molecular weight is 434 g/mol. The highest BCUT2D eigenvalue weighted by Gasteiger charge is 2.18. The van der Waals surface area contributed by atoms with E-state index in [1.54, 1.807) is 0 Å². The number of nitrogens with one attached hydrogen (secondary N) is 1. The summed E-state index contributed by atoms with van der Waals surface area (Å²) in [5.74, 6) is 0.0592. The van der Waals surface area contributed by atoms with Crippen LogP contribution in [0.1, 0.15) is 66.7 Å². The molecule has 1 amide bonds. The highest BCUT2D eigenvalue weighted by atomic mass is 16.1. The molecule has 2 aromatic heterocycles. The Morgan fingerprint density at radius 3 is 2.56 bits per heavy atom. The fourth-order valence-electron chi connectivity index (χ4n) is 4.86. The molecule has 0 bridgehead atoms. The zero-order valence-electron chi connectivity index (χ0n) is 19.8. The number of hydrogen-bond donors (Lipinski definition) is 1. The molecule has 0 atom stereocenters. The molecule has 170 valence electrons. The molecule has 0 aliphatic heterocycles. The van der Waals surface area contributed by atoms with Crippen molar-refractivity contribution in [3.63, 3.8) is 0 Å². The molecule has 1 saturated carbocycles. The number of anilines is 1. The quantitative estimate of drug-likeness (QED) is 0.588. The van der Waals surface area contributed by atoms with Crippen molar-refractivity contribution >= 4 is 17.2 Å². The van der Waals surface area contributed by atoms with E-state index >= 15 is 0 Å². The monoisotopic (exact) mass is 433 g/mol. The first-order valence-corrected chi connectivity index (χ1v) is 11.8. The Balaban J connectivity index is 1.30. The lowest BCUT2D eigenvalue weighted by atomic mass is 9.94. The minimum atomic E-state index is 0.0592. The summed E-state index contributed by atoms with van der Waals surface area (Å²) in [7, 11) is 2.20. The van der Waals surface area contributed by atoms with Crippen LogP contribution in [0.15, 0.2) is 30.3 Å². The van der Waals surface area contributed by atoms with Gasteiger partial charge in [0.15, 0.2) is 5.65 Å². The lowest BCUT2D eigenvalue weighted by Crippen LogP contribution is -2.33. The summed E-state index contributed by atoms with van der Waals surface area (Å²) in [6, 6.07) is 11.2. The standard InChI is InChI=1S/C26H35N5O/c1-18-16-25-28-19(2)24(20(3)31(25)29-18)14-15-26(32)27-17-21-10-12-23(13-11-21)30(4)22-8-6-5-7-9-22/h10-13,16,22H,5-9,14-15,17H2,1-4H3,(H,27,32). The Morgan fingerprint density at radius 2 is 1.84 bits per heavy atom. The van der Waals surface area contributed by atoms with Crippen molar-refractivity contribution in [2.75, 3.05) is 11.9 Å². The minimum absolute atomic E-state index is 0.0592. The molecule has 4 rings (SSSR count). The van der Waals surface area contributed by atoms with Crippen molar-refractivity contribution in [3.05, 3.63) is 58.5 Å². The van der Waals surface area contributed by atoms with Crippen LogP contribution in [0.4, 0.5) is 5.69 Å². The maximum Gasteiger partial charge on any atom is 0.220 e. The lowest BCUT2D eigenvalue weighted by Gasteiger charge is -2.33. The number of fused-ring (bicyclic) bond motifs is 1. The molecule has 6 nitrogen and oxygen atoms in total. The van der Waals surface area contributed by atoms with Crippen LogP contribution in [-0.2, 0) is 17.8 Å². The summed E-state index contributed by atoms with van der Waals surface area (Å²) in [4.78, 5) is 19.6. The van der Waals surface area contributed by atoms with Gasteiger partial charge in [-0.15, -0.1) is 0 Å². The Morgan fingerprint density at radius 1 is 1.12 bits per heavy atom. The van der Waals surface area contributed by atoms with Crippen LogP contribution < -0.4 is 10.2 Å². The molecular formula is C26H35N5O. The van der Waals surface area contributed by atoms with E-state index in [9.17, 15) is 4.79 Å². The highest BCUT2D eigenvalue weighted by Crippen LogP contribution is 2.26. The van der Waals surface area contributed by atoms with Crippen molar-refractivity contribution in [2.24, 2.45) is 0 Å². The number of benzene rings is 1. The van der Waals surface area contributed by atoms with Gasteiger partial charge >= 0.3 is 0 Å². The molecule has 1 fully saturated rings. The van der Waals surface area contributed by atoms with E-state index in [-0.39, 0.29) is 5.91 Å². The molecule has 1 N–H and O–H groups in total. The molecule has 1 aliphatic rings. The van der Waals surface area contributed by atoms with Gasteiger partial charge in [0.05, 0.1) is 5.69 Å². The van der Waals surface area contributed by atoms with Crippen LogP contribution in [0.25, 0.3) is 5.65 Å². The molecule has 1 aromatic carbocycles. The number of aryl methyl sites for hydroxylation is 3. The molecule has 2 heterocycles. The highest BCUT2D eigenvalue weighted by molar-refractivity contribution is 5.76. The van der Waals surface area contributed by atoms with E-state index in [1.165, 1.54) is 37.8 Å². The molecule has 0 saturated heterocycles. The second-order valence-electron chi connectivity index (χ2n) is 9.16. The minimum Gasteiger partial charge on any atom is -0.372 e. The number of carbonyl (C=O) groups excluding carboxylic acids is 1. The number of nitrogens with zero attached hydrogens (tertiary/aromatic N) is 4. The van der Waals surface area contributed by atoms with Crippen LogP contribution in [0, 0.1) is 20.8 Å². The van der Waals surface area contributed by atoms with Gasteiger partial charge in [0, 0.05) is 49.2 Å². The molecule has 32 heavy (non-hydrogen) atoms. The third-order valence-corrected chi connectivity index (χ3v) is 6.84. The van der Waals surface area contributed by atoms with Crippen LogP contribution in [0.3, 0.4) is 0 Å². The average Bonchev–Trinajstić information content (AvgIpc) is 3.18. The fourth-order valence-corrected chi connectivity index (χ4v) is 4.86. The summed E-state index contributed by atoms with van der Waals surface area (Å²) in [6.45, 7) is 6.58. The van der Waals surface area contributed by atoms with Gasteiger partial charge in [0.2, 0.25) is 5.91 Å². The summed E-state index contributed by atoms with van der Waals surface area (Å²) >= 11 is 0. The van der Waals surface area contributed by atoms with Crippen molar-refractivity contribution in [1.29, 1.82) is 0 Å². The van der Waals surface area contributed by atoms with Crippen molar-refractivity contribution in [1.82, 2.24) is 19.9 Å². The Bertz CT molecular complexity index is 1080. The van der Waals surface area contributed by atoms with E-state index in [2.05, 4.69) is 51.6 Å². The Labute approximate surface area is 191 Å². The summed E-state index contributed by atoms with van der Waals surface area (Å²) in [5, 5.41) is 7.58. The topological polar surface area (TPSA) is 62.5 Å². The molecule has 6 heteroatoms. The van der Waals surface area contributed by atoms with Crippen molar-refractivity contribution < 1.29 is 4.79 Å². The third-order valence-electron chi connectivity index (χ3n) is 6.84. The maximum atomic E-state index is 12.5. The zero-order chi connectivity index (χ0) is 22.7. The molecule has 0 unspecified atom stereocenters. The van der Waals surface area contributed by atoms with E-state index in [1.807, 2.05) is 31.4 Å². The zero-order valence-corrected chi connectivity index (χ0v) is 19.8. The molecule has 0 radical (unpaired) electrons. The molecule has 3 aromatic rings. The van der Waals surface area contributed by atoms with Gasteiger partial charge in [-0.3, -0.25) is 4.79 Å². The largest absolute Gasteiger partial charge is 0.372 e. The number of amides is 1. The first-order valence-electron chi connectivity index (χ1n) is 11.8. The van der Waals surface area contributed by atoms with E-state index in [0.29, 0.717) is 25.4 Å². The Kier molecular flexibility index (Phi) is 6.77. The van der Waals surface area contributed by atoms with Crippen LogP contribution in [-0.4, -0.2) is 33.6 Å².